The van der Waals surface area contributed by atoms with Crippen LogP contribution in [0.3, 0.4) is 0 Å². The Bertz CT molecular complexity index is 544. The summed E-state index contributed by atoms with van der Waals surface area (Å²) in [5, 5.41) is 1.20. The van der Waals surface area contributed by atoms with Crippen LogP contribution in [0.25, 0.3) is 0 Å². The SMILES string of the molecule is Cc1cccc(C)c1COc1cc(Cl)ccc1Cl. The van der Waals surface area contributed by atoms with Crippen LogP contribution in [0.1, 0.15) is 16.7 Å². The number of ether oxygens (including phenoxy) is 1. The number of rotatable bonds is 3. The highest BCUT2D eigenvalue weighted by Crippen LogP contribution is 2.29. The van der Waals surface area contributed by atoms with Crippen molar-refractivity contribution >= 4 is 23.2 Å². The third-order valence-corrected chi connectivity index (χ3v) is 3.46. The average molecular weight is 281 g/mol. The molecule has 0 aliphatic heterocycles. The van der Waals surface area contributed by atoms with Gasteiger partial charge in [0.2, 0.25) is 0 Å². The van der Waals surface area contributed by atoms with Gasteiger partial charge in [0.15, 0.2) is 0 Å². The van der Waals surface area contributed by atoms with E-state index in [1.54, 1.807) is 18.2 Å². The molecule has 2 aromatic carbocycles. The first-order valence-electron chi connectivity index (χ1n) is 5.71. The van der Waals surface area contributed by atoms with E-state index in [2.05, 4.69) is 26.0 Å². The van der Waals surface area contributed by atoms with E-state index in [0.29, 0.717) is 22.4 Å². The Hall–Kier alpha value is -1.18. The lowest BCUT2D eigenvalue weighted by Gasteiger charge is -2.12. The van der Waals surface area contributed by atoms with Gasteiger partial charge in [-0.2, -0.15) is 0 Å². The minimum atomic E-state index is 0.499. The van der Waals surface area contributed by atoms with Gasteiger partial charge in [0.05, 0.1) is 5.02 Å². The normalized spacial score (nSPS) is 10.4. The zero-order valence-corrected chi connectivity index (χ0v) is 11.8. The second-order valence-electron chi connectivity index (χ2n) is 4.23. The molecule has 0 aliphatic carbocycles. The second kappa shape index (κ2) is 5.64. The molecule has 2 aromatic rings. The van der Waals surface area contributed by atoms with Gasteiger partial charge < -0.3 is 4.74 Å². The molecule has 0 amide bonds. The third-order valence-electron chi connectivity index (χ3n) is 2.91. The monoisotopic (exact) mass is 280 g/mol. The summed E-state index contributed by atoms with van der Waals surface area (Å²) in [5.41, 5.74) is 3.62. The zero-order chi connectivity index (χ0) is 13.1. The summed E-state index contributed by atoms with van der Waals surface area (Å²) in [6.07, 6.45) is 0. The second-order valence-corrected chi connectivity index (χ2v) is 5.08. The molecule has 94 valence electrons. The predicted octanol–water partition coefficient (Wildman–Crippen LogP) is 5.19. The highest BCUT2D eigenvalue weighted by Gasteiger charge is 2.06. The molecule has 0 bridgehead atoms. The summed E-state index contributed by atoms with van der Waals surface area (Å²) in [7, 11) is 0. The van der Waals surface area contributed by atoms with E-state index >= 15 is 0 Å². The van der Waals surface area contributed by atoms with E-state index < -0.39 is 0 Å². The molecule has 3 heteroatoms. The summed E-state index contributed by atoms with van der Waals surface area (Å²) >= 11 is 12.0. The maximum absolute atomic E-state index is 6.06. The van der Waals surface area contributed by atoms with Crippen molar-refractivity contribution in [2.24, 2.45) is 0 Å². The molecule has 0 fully saturated rings. The number of halogens is 2. The van der Waals surface area contributed by atoms with Crippen LogP contribution in [-0.4, -0.2) is 0 Å². The van der Waals surface area contributed by atoms with Crippen LogP contribution in [0, 0.1) is 13.8 Å². The third kappa shape index (κ3) is 2.98. The minimum Gasteiger partial charge on any atom is -0.487 e. The first kappa shape index (κ1) is 13.3. The Kier molecular flexibility index (Phi) is 4.15. The Morgan fingerprint density at radius 1 is 1.00 bits per heavy atom. The van der Waals surface area contributed by atoms with Gasteiger partial charge in [0.25, 0.3) is 0 Å². The van der Waals surface area contributed by atoms with Gasteiger partial charge in [-0.05, 0) is 42.7 Å². The molecule has 0 saturated carbocycles. The van der Waals surface area contributed by atoms with E-state index in [1.807, 2.05) is 6.07 Å². The number of aryl methyl sites for hydroxylation is 2. The number of hydrogen-bond acceptors (Lipinski definition) is 1. The number of hydrogen-bond donors (Lipinski definition) is 0. The van der Waals surface area contributed by atoms with Gasteiger partial charge in [-0.25, -0.2) is 0 Å². The Morgan fingerprint density at radius 3 is 2.33 bits per heavy atom. The molecule has 0 unspecified atom stereocenters. The van der Waals surface area contributed by atoms with Crippen molar-refractivity contribution in [1.82, 2.24) is 0 Å². The summed E-state index contributed by atoms with van der Waals surface area (Å²) in [4.78, 5) is 0. The van der Waals surface area contributed by atoms with Crippen LogP contribution in [0.2, 0.25) is 10.0 Å². The Labute approximate surface area is 117 Å². The van der Waals surface area contributed by atoms with Crippen molar-refractivity contribution in [3.8, 4) is 5.75 Å². The highest BCUT2D eigenvalue weighted by atomic mass is 35.5. The molecule has 0 N–H and O–H groups in total. The van der Waals surface area contributed by atoms with Crippen LogP contribution in [-0.2, 0) is 6.61 Å². The molecule has 0 aromatic heterocycles. The van der Waals surface area contributed by atoms with Crippen molar-refractivity contribution in [2.45, 2.75) is 20.5 Å². The topological polar surface area (TPSA) is 9.23 Å². The first-order valence-corrected chi connectivity index (χ1v) is 6.46. The fraction of sp³-hybridized carbons (Fsp3) is 0.200. The van der Waals surface area contributed by atoms with E-state index in [1.165, 1.54) is 16.7 Å². The van der Waals surface area contributed by atoms with Crippen LogP contribution in [0.15, 0.2) is 36.4 Å². The van der Waals surface area contributed by atoms with Gasteiger partial charge >= 0.3 is 0 Å². The van der Waals surface area contributed by atoms with Crippen molar-refractivity contribution in [3.05, 3.63) is 63.1 Å². The largest absolute Gasteiger partial charge is 0.487 e. The van der Waals surface area contributed by atoms with Crippen molar-refractivity contribution in [2.75, 3.05) is 0 Å². The molecule has 2 rings (SSSR count). The van der Waals surface area contributed by atoms with Gasteiger partial charge in [0.1, 0.15) is 12.4 Å². The quantitative estimate of drug-likeness (QED) is 0.752. The number of benzene rings is 2. The lowest BCUT2D eigenvalue weighted by atomic mass is 10.0. The molecule has 0 heterocycles. The van der Waals surface area contributed by atoms with Crippen LogP contribution in [0.4, 0.5) is 0 Å². The zero-order valence-electron chi connectivity index (χ0n) is 10.3. The van der Waals surface area contributed by atoms with Crippen molar-refractivity contribution in [3.63, 3.8) is 0 Å². The maximum atomic E-state index is 6.06. The smallest absolute Gasteiger partial charge is 0.139 e. The van der Waals surface area contributed by atoms with E-state index in [0.717, 1.165) is 0 Å². The van der Waals surface area contributed by atoms with Gasteiger partial charge in [-0.1, -0.05) is 41.4 Å². The van der Waals surface area contributed by atoms with E-state index in [4.69, 9.17) is 27.9 Å². The predicted molar refractivity (Wildman–Crippen MR) is 76.7 cm³/mol. The summed E-state index contributed by atoms with van der Waals surface area (Å²) in [5.74, 6) is 0.617. The van der Waals surface area contributed by atoms with E-state index in [9.17, 15) is 0 Å². The molecule has 0 atom stereocenters. The summed E-state index contributed by atoms with van der Waals surface area (Å²) < 4.78 is 5.75. The van der Waals surface area contributed by atoms with Crippen molar-refractivity contribution in [1.29, 1.82) is 0 Å². The van der Waals surface area contributed by atoms with Crippen LogP contribution in [0.5, 0.6) is 5.75 Å². The molecule has 0 spiro atoms. The molecular weight excluding hydrogens is 267 g/mol. The fourth-order valence-corrected chi connectivity index (χ4v) is 2.15. The molecule has 0 radical (unpaired) electrons. The Balaban J connectivity index is 2.19. The van der Waals surface area contributed by atoms with E-state index in [-0.39, 0.29) is 0 Å². The molecule has 1 nitrogen and oxygen atoms in total. The maximum Gasteiger partial charge on any atom is 0.139 e. The summed E-state index contributed by atoms with van der Waals surface area (Å²) in [6, 6.07) is 11.4. The average Bonchev–Trinajstić information content (AvgIpc) is 2.33. The lowest BCUT2D eigenvalue weighted by Crippen LogP contribution is -2.00. The van der Waals surface area contributed by atoms with Gasteiger partial charge in [-0.15, -0.1) is 0 Å². The summed E-state index contributed by atoms with van der Waals surface area (Å²) in [6.45, 7) is 4.65. The fourth-order valence-electron chi connectivity index (χ4n) is 1.81. The lowest BCUT2D eigenvalue weighted by molar-refractivity contribution is 0.305. The molecular formula is C15H14Cl2O. The molecule has 18 heavy (non-hydrogen) atoms. The van der Waals surface area contributed by atoms with Crippen molar-refractivity contribution < 1.29 is 4.74 Å². The van der Waals surface area contributed by atoms with Gasteiger partial charge in [0, 0.05) is 11.1 Å². The molecule has 0 aliphatic rings. The molecule has 0 saturated heterocycles. The van der Waals surface area contributed by atoms with Crippen LogP contribution < -0.4 is 4.74 Å². The highest BCUT2D eigenvalue weighted by molar-refractivity contribution is 6.34. The van der Waals surface area contributed by atoms with Gasteiger partial charge in [-0.3, -0.25) is 0 Å². The standard InChI is InChI=1S/C15H14Cl2O/c1-10-4-3-5-11(2)13(10)9-18-15-8-12(16)6-7-14(15)17/h3-8H,9H2,1-2H3. The first-order chi connectivity index (χ1) is 8.58. The minimum absolute atomic E-state index is 0.499. The van der Waals surface area contributed by atoms with Crippen LogP contribution >= 0.6 is 23.2 Å². The Morgan fingerprint density at radius 2 is 1.67 bits per heavy atom.